The summed E-state index contributed by atoms with van der Waals surface area (Å²) in [5, 5.41) is 0. The fraction of sp³-hybridized carbons (Fsp3) is 0.368. The number of carbonyl (C=O) groups is 4. The molecule has 12 nitrogen and oxygen atoms in total. The Hall–Kier alpha value is -8.12. The van der Waals surface area contributed by atoms with Gasteiger partial charge in [0.25, 0.3) is 23.6 Å². The number of fused-ring (bicyclic) bond motifs is 8. The molecule has 4 aliphatic carbocycles. The molecule has 4 fully saturated rings. The molecule has 4 amide bonds. The van der Waals surface area contributed by atoms with Crippen LogP contribution in [0.25, 0.3) is 90.9 Å². The zero-order chi connectivity index (χ0) is 60.4. The van der Waals surface area contributed by atoms with Crippen molar-refractivity contribution < 1.29 is 36.2 Å². The van der Waals surface area contributed by atoms with Gasteiger partial charge in [-0.3, -0.25) is 19.2 Å². The molecule has 13 rings (SSSR count). The summed E-state index contributed by atoms with van der Waals surface area (Å²) in [5.41, 5.74) is 14.5. The Bertz CT molecular complexity index is 3480. The molecule has 13 heteroatoms. The van der Waals surface area contributed by atoms with E-state index < -0.39 is 0 Å². The smallest absolute Gasteiger partial charge is 0.657 e. The maximum atomic E-state index is 14.1. The fourth-order valence-electron chi connectivity index (χ4n) is 14.7. The van der Waals surface area contributed by atoms with Gasteiger partial charge in [-0.05, 0) is 169 Å². The first-order valence-electron chi connectivity index (χ1n) is 32.5. The third-order valence-electron chi connectivity index (χ3n) is 20.1. The Morgan fingerprint density at radius 3 is 0.685 bits per heavy atom. The normalized spacial score (nSPS) is 16.6. The first-order chi connectivity index (χ1) is 42.9. The van der Waals surface area contributed by atoms with Crippen LogP contribution in [0.1, 0.15) is 193 Å². The molecule has 2 aliphatic heterocycles. The number of hydrogen-bond donors (Lipinski definition) is 0. The Morgan fingerprint density at radius 1 is 0.303 bits per heavy atom. The zero-order valence-electron chi connectivity index (χ0n) is 51.8. The largest absolute Gasteiger partial charge is 2.00 e. The Kier molecular flexibility index (Phi) is 18.5. The van der Waals surface area contributed by atoms with Crippen molar-refractivity contribution in [1.29, 1.82) is 0 Å². The molecular weight excluding hydrogens is 1150 g/mol. The molecule has 4 saturated carbocycles. The first kappa shape index (κ1) is 61.1. The van der Waals surface area contributed by atoms with Gasteiger partial charge in [-0.15, -0.1) is 22.1 Å². The van der Waals surface area contributed by atoms with Crippen LogP contribution in [0, 0.1) is 0 Å². The van der Waals surface area contributed by atoms with E-state index >= 15 is 0 Å². The van der Waals surface area contributed by atoms with Crippen molar-refractivity contribution in [2.45, 2.75) is 153 Å². The van der Waals surface area contributed by atoms with Crippen LogP contribution in [0.5, 0.6) is 0 Å². The number of nitrogens with zero attached hydrogens (tertiary/aromatic N) is 8. The van der Waals surface area contributed by atoms with Gasteiger partial charge < -0.3 is 29.6 Å². The standard InChI is InChI=1S/C76H81N8O4.Cu/c1-81(57-17-9-5-10-18-57)73(85)53-33-25-49(26-34-53)69-61-41-43-63(77-61)70(50-27-35-54(36-28-50)74(86)82(2)58-19-11-6-12-20-58)65-45-47-67(79-65)72(52-31-39-56(40-32-52)76(88)84(4)60-23-15-8-16-24-60)68-48-46-66(80-68)71(64-44-42-62(69)78-64)51-29-37-55(38-30-51)75(87)83(3)59-21-13-7-14-22-59;/h25-48,57-60H,5-24H2,1-4H3,(H-,77,78,79,80,85,86,87,88);/q-1;+2/p-1. The quantitative estimate of drug-likeness (QED) is 0.110. The summed E-state index contributed by atoms with van der Waals surface area (Å²) in [5.74, 6) is 0.0460. The van der Waals surface area contributed by atoms with Crippen LogP contribution >= 0.6 is 0 Å². The van der Waals surface area contributed by atoms with Crippen molar-refractivity contribution >= 4 is 70.0 Å². The molecule has 4 aromatic carbocycles. The van der Waals surface area contributed by atoms with Crippen LogP contribution in [0.4, 0.5) is 0 Å². The molecule has 0 N–H and O–H groups in total. The minimum atomic E-state index is 0. The van der Waals surface area contributed by atoms with Crippen LogP contribution < -0.4 is 9.97 Å². The zero-order valence-corrected chi connectivity index (χ0v) is 52.8. The molecule has 5 heterocycles. The van der Waals surface area contributed by atoms with Gasteiger partial charge in [0.05, 0.1) is 22.8 Å². The van der Waals surface area contributed by atoms with Crippen LogP contribution in [0.2, 0.25) is 0 Å². The Balaban J connectivity index is 0.00000769. The molecule has 1 radical (unpaired) electrons. The Labute approximate surface area is 534 Å². The van der Waals surface area contributed by atoms with Gasteiger partial charge in [0.15, 0.2) is 0 Å². The Morgan fingerprint density at radius 2 is 0.494 bits per heavy atom. The molecule has 7 aromatic rings. The van der Waals surface area contributed by atoms with Gasteiger partial charge in [0.2, 0.25) is 0 Å². The molecule has 0 saturated heterocycles. The second-order valence-corrected chi connectivity index (χ2v) is 25.5. The number of benzene rings is 4. The predicted molar refractivity (Wildman–Crippen MR) is 354 cm³/mol. The van der Waals surface area contributed by atoms with E-state index in [0.717, 1.165) is 147 Å². The minimum absolute atomic E-state index is 0. The van der Waals surface area contributed by atoms with Gasteiger partial charge in [-0.1, -0.05) is 150 Å². The second kappa shape index (κ2) is 26.9. The third kappa shape index (κ3) is 12.6. The van der Waals surface area contributed by atoms with E-state index in [9.17, 15) is 19.2 Å². The van der Waals surface area contributed by atoms with E-state index in [4.69, 9.17) is 19.9 Å². The van der Waals surface area contributed by atoms with E-state index in [1.54, 1.807) is 0 Å². The summed E-state index contributed by atoms with van der Waals surface area (Å²) >= 11 is 0. The molecule has 459 valence electrons. The number of hydrogen-bond acceptors (Lipinski definition) is 6. The van der Waals surface area contributed by atoms with Gasteiger partial charge in [-0.25, -0.2) is 9.97 Å². The molecule has 8 bridgehead atoms. The second-order valence-electron chi connectivity index (χ2n) is 25.5. The van der Waals surface area contributed by atoms with Crippen molar-refractivity contribution in [3.63, 3.8) is 0 Å². The predicted octanol–water partition coefficient (Wildman–Crippen LogP) is 16.2. The number of rotatable bonds is 12. The van der Waals surface area contributed by atoms with E-state index in [2.05, 4.69) is 0 Å². The topological polar surface area (TPSA) is 135 Å². The molecule has 0 unspecified atom stereocenters. The number of aromatic nitrogens is 4. The first-order valence-corrected chi connectivity index (χ1v) is 32.5. The van der Waals surface area contributed by atoms with Crippen molar-refractivity contribution in [3.05, 3.63) is 166 Å². The van der Waals surface area contributed by atoms with Crippen LogP contribution in [-0.2, 0) is 17.1 Å². The van der Waals surface area contributed by atoms with E-state index in [1.807, 2.05) is 193 Å². The fourth-order valence-corrected chi connectivity index (χ4v) is 14.7. The summed E-state index contributed by atoms with van der Waals surface area (Å²) in [6, 6.07) is 40.6. The van der Waals surface area contributed by atoms with Crippen molar-refractivity contribution in [2.24, 2.45) is 0 Å². The van der Waals surface area contributed by atoms with Gasteiger partial charge >= 0.3 is 17.1 Å². The van der Waals surface area contributed by atoms with Gasteiger partial charge in [0.1, 0.15) is 0 Å². The molecule has 0 atom stereocenters. The summed E-state index contributed by atoms with van der Waals surface area (Å²) in [6.07, 6.45) is 30.2. The van der Waals surface area contributed by atoms with Crippen LogP contribution in [-0.4, -0.2) is 106 Å². The minimum Gasteiger partial charge on any atom is -0.657 e. The van der Waals surface area contributed by atoms with Crippen molar-refractivity contribution in [3.8, 4) is 44.5 Å². The number of amides is 4. The summed E-state index contributed by atoms with van der Waals surface area (Å²) in [4.78, 5) is 86.2. The summed E-state index contributed by atoms with van der Waals surface area (Å²) in [7, 11) is 7.74. The van der Waals surface area contributed by atoms with Crippen molar-refractivity contribution in [1.82, 2.24) is 39.5 Å². The molecule has 89 heavy (non-hydrogen) atoms. The average molecular weight is 1230 g/mol. The number of carbonyl (C=O) groups excluding carboxylic acids is 4. The SMILES string of the molecule is CN(C(=O)c1ccc(-c2c3nc(c(-c4ccc(C(=O)N(C)C5CCCCC5)cc4)c4ccc([n-]4)c(-c4ccc(C(=O)N(C)C5CCCCC5)cc4)c4nc(c(-c5ccc(C(=O)N(C)C6CCCCC6)cc5)c5ccc2[n-]5)C=C4)C=C3)cc1)C1CCCCC1.[Cu+2]. The molecule has 0 spiro atoms. The van der Waals surface area contributed by atoms with E-state index in [1.165, 1.54) is 25.7 Å². The molecule has 6 aliphatic rings. The monoisotopic (exact) mass is 1230 g/mol. The average Bonchev–Trinajstić information content (AvgIpc) is 2.87. The maximum Gasteiger partial charge on any atom is 2.00 e. The van der Waals surface area contributed by atoms with E-state index in [0.29, 0.717) is 67.1 Å². The van der Waals surface area contributed by atoms with Gasteiger partial charge in [-0.2, -0.15) is 0 Å². The third-order valence-corrected chi connectivity index (χ3v) is 20.1. The summed E-state index contributed by atoms with van der Waals surface area (Å²) < 4.78 is 0. The molecule has 3 aromatic heterocycles. The molecular formula is C76H80CuN8O4. The van der Waals surface area contributed by atoms with E-state index in [-0.39, 0.29) is 64.9 Å². The van der Waals surface area contributed by atoms with Crippen LogP contribution in [0.15, 0.2) is 121 Å². The summed E-state index contributed by atoms with van der Waals surface area (Å²) in [6.45, 7) is 0. The maximum absolute atomic E-state index is 14.1. The van der Waals surface area contributed by atoms with Crippen LogP contribution in [0.3, 0.4) is 0 Å². The van der Waals surface area contributed by atoms with Gasteiger partial charge in [0, 0.05) is 74.6 Å². The van der Waals surface area contributed by atoms with Crippen molar-refractivity contribution in [2.75, 3.05) is 28.2 Å².